The minimum atomic E-state index is -4.06. The van der Waals surface area contributed by atoms with Gasteiger partial charge in [-0.1, -0.05) is 30.3 Å². The van der Waals surface area contributed by atoms with Crippen molar-refractivity contribution in [3.63, 3.8) is 0 Å². The van der Waals surface area contributed by atoms with Gasteiger partial charge in [0.15, 0.2) is 0 Å². The predicted molar refractivity (Wildman–Crippen MR) is 98.7 cm³/mol. The number of fused-ring (bicyclic) bond motifs is 1. The van der Waals surface area contributed by atoms with Crippen molar-refractivity contribution in [2.75, 3.05) is 4.72 Å². The number of hydrogen-bond acceptors (Lipinski definition) is 3. The number of nitrogens with zero attached hydrogens (tertiary/aromatic N) is 1. The Kier molecular flexibility index (Phi) is 4.12. The highest BCUT2D eigenvalue weighted by molar-refractivity contribution is 7.92. The lowest BCUT2D eigenvalue weighted by molar-refractivity contribution is 0.583. The number of halogens is 2. The van der Waals surface area contributed by atoms with E-state index in [0.717, 1.165) is 17.7 Å². The van der Waals surface area contributed by atoms with Gasteiger partial charge in [0.2, 0.25) is 0 Å². The number of H-pyrrole nitrogens is 1. The number of imidazole rings is 1. The van der Waals surface area contributed by atoms with Gasteiger partial charge in [-0.05, 0) is 30.3 Å². The van der Waals surface area contributed by atoms with Crippen LogP contribution in [0.4, 0.5) is 14.5 Å². The van der Waals surface area contributed by atoms with E-state index in [4.69, 9.17) is 0 Å². The summed E-state index contributed by atoms with van der Waals surface area (Å²) in [6.07, 6.45) is 0. The third-order valence-electron chi connectivity index (χ3n) is 3.99. The van der Waals surface area contributed by atoms with E-state index in [2.05, 4.69) is 14.7 Å². The average molecular weight is 385 g/mol. The second kappa shape index (κ2) is 6.48. The van der Waals surface area contributed by atoms with E-state index >= 15 is 0 Å². The zero-order valence-corrected chi connectivity index (χ0v) is 14.6. The lowest BCUT2D eigenvalue weighted by Crippen LogP contribution is -2.14. The first-order valence-corrected chi connectivity index (χ1v) is 9.44. The number of benzene rings is 3. The summed E-state index contributed by atoms with van der Waals surface area (Å²) in [5.74, 6) is -1.17. The van der Waals surface area contributed by atoms with E-state index in [1.807, 2.05) is 30.3 Å². The van der Waals surface area contributed by atoms with E-state index in [0.29, 0.717) is 22.9 Å². The molecule has 0 aliphatic rings. The number of sulfonamides is 1. The van der Waals surface area contributed by atoms with Crippen LogP contribution in [0.15, 0.2) is 71.6 Å². The first kappa shape index (κ1) is 17.2. The highest BCUT2D eigenvalue weighted by Crippen LogP contribution is 2.25. The zero-order valence-electron chi connectivity index (χ0n) is 13.8. The first-order chi connectivity index (χ1) is 12.9. The van der Waals surface area contributed by atoms with Gasteiger partial charge in [0.25, 0.3) is 10.0 Å². The molecule has 0 spiro atoms. The SMILES string of the molecule is O=S(=O)(Nc1ccc(F)cc1F)c1ccc2nc(-c3ccccc3)[nH]c2c1. The van der Waals surface area contributed by atoms with Crippen molar-refractivity contribution in [3.8, 4) is 11.4 Å². The van der Waals surface area contributed by atoms with E-state index in [1.165, 1.54) is 12.1 Å². The van der Waals surface area contributed by atoms with Crippen molar-refractivity contribution >= 4 is 26.7 Å². The van der Waals surface area contributed by atoms with Crippen LogP contribution < -0.4 is 4.72 Å². The van der Waals surface area contributed by atoms with Crippen molar-refractivity contribution in [1.29, 1.82) is 0 Å². The molecule has 0 amide bonds. The minimum Gasteiger partial charge on any atom is -0.338 e. The number of anilines is 1. The van der Waals surface area contributed by atoms with Crippen LogP contribution in [-0.2, 0) is 10.0 Å². The fraction of sp³-hybridized carbons (Fsp3) is 0. The maximum atomic E-state index is 13.8. The maximum Gasteiger partial charge on any atom is 0.262 e. The van der Waals surface area contributed by atoms with E-state index < -0.39 is 21.7 Å². The normalized spacial score (nSPS) is 11.6. The van der Waals surface area contributed by atoms with Gasteiger partial charge >= 0.3 is 0 Å². The second-order valence-electron chi connectivity index (χ2n) is 5.86. The number of aromatic amines is 1. The maximum absolute atomic E-state index is 13.8. The number of aromatic nitrogens is 2. The van der Waals surface area contributed by atoms with Crippen LogP contribution >= 0.6 is 0 Å². The Hall–Kier alpha value is -3.26. The van der Waals surface area contributed by atoms with Crippen molar-refractivity contribution in [1.82, 2.24) is 9.97 Å². The third-order valence-corrected chi connectivity index (χ3v) is 5.35. The largest absolute Gasteiger partial charge is 0.338 e. The Bertz CT molecular complexity index is 1240. The highest BCUT2D eigenvalue weighted by atomic mass is 32.2. The summed E-state index contributed by atoms with van der Waals surface area (Å²) >= 11 is 0. The van der Waals surface area contributed by atoms with Crippen LogP contribution in [0.3, 0.4) is 0 Å². The summed E-state index contributed by atoms with van der Waals surface area (Å²) in [7, 11) is -4.06. The summed E-state index contributed by atoms with van der Waals surface area (Å²) in [4.78, 5) is 7.45. The summed E-state index contributed by atoms with van der Waals surface area (Å²) in [6.45, 7) is 0. The lowest BCUT2D eigenvalue weighted by atomic mass is 10.2. The molecule has 2 N–H and O–H groups in total. The Balaban J connectivity index is 1.70. The average Bonchev–Trinajstić information content (AvgIpc) is 3.08. The van der Waals surface area contributed by atoms with Gasteiger partial charge in [-0.3, -0.25) is 4.72 Å². The van der Waals surface area contributed by atoms with Crippen molar-refractivity contribution in [3.05, 3.63) is 78.4 Å². The highest BCUT2D eigenvalue weighted by Gasteiger charge is 2.18. The van der Waals surface area contributed by atoms with Crippen LogP contribution in [0.5, 0.6) is 0 Å². The summed E-state index contributed by atoms with van der Waals surface area (Å²) < 4.78 is 54.0. The molecule has 0 saturated carbocycles. The molecule has 1 heterocycles. The van der Waals surface area contributed by atoms with Gasteiger partial charge in [0.1, 0.15) is 17.5 Å². The third kappa shape index (κ3) is 3.39. The Morgan fingerprint density at radius 1 is 0.926 bits per heavy atom. The molecule has 8 heteroatoms. The van der Waals surface area contributed by atoms with Crippen molar-refractivity contribution in [2.45, 2.75) is 4.90 Å². The Labute approximate surface area is 153 Å². The van der Waals surface area contributed by atoms with Crippen LogP contribution in [0, 0.1) is 11.6 Å². The molecular weight excluding hydrogens is 372 g/mol. The van der Waals surface area contributed by atoms with Crippen molar-refractivity contribution in [2.24, 2.45) is 0 Å². The molecule has 0 aliphatic carbocycles. The molecular formula is C19H13F2N3O2S. The molecule has 0 atom stereocenters. The molecule has 3 aromatic carbocycles. The molecule has 4 rings (SSSR count). The summed E-state index contributed by atoms with van der Waals surface area (Å²) in [5.41, 5.74) is 1.66. The van der Waals surface area contributed by atoms with E-state index in [-0.39, 0.29) is 10.6 Å². The van der Waals surface area contributed by atoms with Gasteiger partial charge in [-0.15, -0.1) is 0 Å². The predicted octanol–water partition coefficient (Wildman–Crippen LogP) is 4.31. The van der Waals surface area contributed by atoms with Crippen molar-refractivity contribution < 1.29 is 17.2 Å². The first-order valence-electron chi connectivity index (χ1n) is 7.95. The Morgan fingerprint density at radius 3 is 2.44 bits per heavy atom. The lowest BCUT2D eigenvalue weighted by Gasteiger charge is -2.09. The molecule has 27 heavy (non-hydrogen) atoms. The van der Waals surface area contributed by atoms with Gasteiger partial charge < -0.3 is 4.98 Å². The molecule has 0 aliphatic heterocycles. The Morgan fingerprint density at radius 2 is 1.70 bits per heavy atom. The monoisotopic (exact) mass is 385 g/mol. The zero-order chi connectivity index (χ0) is 19.0. The van der Waals surface area contributed by atoms with Crippen LogP contribution in [-0.4, -0.2) is 18.4 Å². The molecule has 0 saturated heterocycles. The smallest absolute Gasteiger partial charge is 0.262 e. The molecule has 0 radical (unpaired) electrons. The summed E-state index contributed by atoms with van der Waals surface area (Å²) in [5, 5.41) is 0. The van der Waals surface area contributed by atoms with Gasteiger partial charge in [-0.2, -0.15) is 0 Å². The van der Waals surface area contributed by atoms with Gasteiger partial charge in [0, 0.05) is 11.6 Å². The fourth-order valence-electron chi connectivity index (χ4n) is 2.66. The second-order valence-corrected chi connectivity index (χ2v) is 7.54. The molecule has 0 fully saturated rings. The van der Waals surface area contributed by atoms with Gasteiger partial charge in [0.05, 0.1) is 21.6 Å². The number of rotatable bonds is 4. The fourth-order valence-corrected chi connectivity index (χ4v) is 3.76. The van der Waals surface area contributed by atoms with Gasteiger partial charge in [-0.25, -0.2) is 22.2 Å². The molecule has 1 aromatic heterocycles. The van der Waals surface area contributed by atoms with Crippen LogP contribution in [0.1, 0.15) is 0 Å². The molecule has 0 unspecified atom stereocenters. The standard InChI is InChI=1S/C19H13F2N3O2S/c20-13-6-8-16(15(21)10-13)24-27(25,26)14-7-9-17-18(11-14)23-19(22-17)12-4-2-1-3-5-12/h1-11,24H,(H,22,23). The number of nitrogens with one attached hydrogen (secondary N) is 2. The molecule has 0 bridgehead atoms. The van der Waals surface area contributed by atoms with E-state index in [9.17, 15) is 17.2 Å². The molecule has 4 aromatic rings. The topological polar surface area (TPSA) is 74.8 Å². The number of hydrogen-bond donors (Lipinski definition) is 2. The van der Waals surface area contributed by atoms with E-state index in [1.54, 1.807) is 6.07 Å². The quantitative estimate of drug-likeness (QED) is 0.550. The summed E-state index contributed by atoms with van der Waals surface area (Å²) in [6, 6.07) is 16.4. The molecule has 136 valence electrons. The van der Waals surface area contributed by atoms with Crippen LogP contribution in [0.2, 0.25) is 0 Å². The minimum absolute atomic E-state index is 0.0676. The molecule has 5 nitrogen and oxygen atoms in total. The van der Waals surface area contributed by atoms with Crippen LogP contribution in [0.25, 0.3) is 22.4 Å².